The standard InChI is InChI=1S/C30H44O4/c1-23(2,3)29(24(4,5)6)19(31)18(20(29)32)28-16-14-27(13,15-17-28)21(33)30(22(28)34,25(7,8)9)26(10,11)12/h14-18H,1-13H3. The number of fused-ring (bicyclic) bond motifs is 2. The molecule has 0 amide bonds. The molecule has 0 aromatic heterocycles. The van der Waals surface area contributed by atoms with Crippen molar-refractivity contribution in [3.8, 4) is 0 Å². The number of Topliss-reactive ketones (excluding diaryl/α,β-unsaturated/α-hetero) is 4. The zero-order valence-electron chi connectivity index (χ0n) is 23.5. The minimum Gasteiger partial charge on any atom is -0.298 e. The molecule has 0 heterocycles. The van der Waals surface area contributed by atoms with Crippen LogP contribution in [0.15, 0.2) is 24.3 Å². The summed E-state index contributed by atoms with van der Waals surface area (Å²) in [5.74, 6) is -1.97. The number of allylic oxidation sites excluding steroid dienone is 4. The minimum atomic E-state index is -1.46. The van der Waals surface area contributed by atoms with Crippen LogP contribution < -0.4 is 0 Å². The summed E-state index contributed by atoms with van der Waals surface area (Å²) < 4.78 is 0. The quantitative estimate of drug-likeness (QED) is 0.340. The number of carbonyl (C=O) groups is 4. The molecule has 0 atom stereocenters. The third kappa shape index (κ3) is 2.66. The van der Waals surface area contributed by atoms with Crippen molar-refractivity contribution >= 4 is 23.1 Å². The maximum absolute atomic E-state index is 14.9. The van der Waals surface area contributed by atoms with Gasteiger partial charge in [0.2, 0.25) is 0 Å². The maximum atomic E-state index is 14.9. The van der Waals surface area contributed by atoms with E-state index < -0.39 is 49.2 Å². The number of hydrogen-bond donors (Lipinski definition) is 0. The Labute approximate surface area is 206 Å². The van der Waals surface area contributed by atoms with Crippen LogP contribution >= 0.6 is 0 Å². The molecule has 0 aromatic rings. The topological polar surface area (TPSA) is 68.3 Å². The Morgan fingerprint density at radius 1 is 0.529 bits per heavy atom. The van der Waals surface area contributed by atoms with Crippen LogP contribution in [-0.2, 0) is 19.2 Å². The van der Waals surface area contributed by atoms with Crippen LogP contribution in [0.1, 0.15) is 90.0 Å². The first kappa shape index (κ1) is 26.8. The van der Waals surface area contributed by atoms with Gasteiger partial charge in [0.1, 0.15) is 0 Å². The lowest BCUT2D eigenvalue weighted by Gasteiger charge is -2.62. The zero-order valence-corrected chi connectivity index (χ0v) is 23.5. The highest BCUT2D eigenvalue weighted by atomic mass is 16.2. The molecule has 0 N–H and O–H groups in total. The van der Waals surface area contributed by atoms with Crippen molar-refractivity contribution in [1.29, 1.82) is 0 Å². The van der Waals surface area contributed by atoms with Crippen LogP contribution in [0.2, 0.25) is 0 Å². The number of ketones is 4. The van der Waals surface area contributed by atoms with Crippen molar-refractivity contribution in [1.82, 2.24) is 0 Å². The van der Waals surface area contributed by atoms with E-state index in [1.165, 1.54) is 0 Å². The Morgan fingerprint density at radius 2 is 0.853 bits per heavy atom. The largest absolute Gasteiger partial charge is 0.298 e. The summed E-state index contributed by atoms with van der Waals surface area (Å²) in [6, 6.07) is 0. The smallest absolute Gasteiger partial charge is 0.162 e. The Kier molecular flexibility index (Phi) is 5.25. The van der Waals surface area contributed by atoms with Gasteiger partial charge in [0.05, 0.1) is 27.6 Å². The second-order valence-corrected chi connectivity index (χ2v) is 15.2. The highest BCUT2D eigenvalue weighted by Crippen LogP contribution is 2.69. The fourth-order valence-electron chi connectivity index (χ4n) is 8.31. The van der Waals surface area contributed by atoms with E-state index in [0.29, 0.717) is 0 Å². The van der Waals surface area contributed by atoms with Crippen LogP contribution in [0.4, 0.5) is 0 Å². The molecule has 1 fully saturated rings. The van der Waals surface area contributed by atoms with Gasteiger partial charge in [-0.15, -0.1) is 0 Å². The van der Waals surface area contributed by atoms with Crippen molar-refractivity contribution in [2.45, 2.75) is 90.0 Å². The highest BCUT2D eigenvalue weighted by molar-refractivity contribution is 6.32. The number of rotatable bonds is 1. The lowest BCUT2D eigenvalue weighted by molar-refractivity contribution is -0.191. The molecule has 0 aromatic carbocycles. The molecule has 2 bridgehead atoms. The highest BCUT2D eigenvalue weighted by Gasteiger charge is 2.79. The molecule has 4 aliphatic carbocycles. The summed E-state index contributed by atoms with van der Waals surface area (Å²) in [5, 5.41) is 0. The Morgan fingerprint density at radius 3 is 1.15 bits per heavy atom. The number of hydrogen-bond acceptors (Lipinski definition) is 4. The fraction of sp³-hybridized carbons (Fsp3) is 0.733. The molecule has 1 saturated carbocycles. The van der Waals surface area contributed by atoms with Crippen LogP contribution in [0, 0.1) is 49.2 Å². The predicted molar refractivity (Wildman–Crippen MR) is 135 cm³/mol. The van der Waals surface area contributed by atoms with Gasteiger partial charge in [-0.25, -0.2) is 0 Å². The Bertz CT molecular complexity index is 977. The van der Waals surface area contributed by atoms with Crippen LogP contribution in [0.25, 0.3) is 0 Å². The van der Waals surface area contributed by atoms with E-state index in [0.717, 1.165) is 0 Å². The van der Waals surface area contributed by atoms with E-state index in [2.05, 4.69) is 0 Å². The van der Waals surface area contributed by atoms with Gasteiger partial charge in [-0.05, 0) is 28.6 Å². The average molecular weight is 469 g/mol. The fourth-order valence-corrected chi connectivity index (χ4v) is 8.31. The van der Waals surface area contributed by atoms with Gasteiger partial charge < -0.3 is 0 Å². The SMILES string of the molecule is CC12C=CC(C3C(=O)C(C(C)(C)C)(C(C)(C)C)C3=O)(C=C1)C(=O)C(C(C)(C)C)(C(C)(C)C)C2=O. The second kappa shape index (κ2) is 6.68. The van der Waals surface area contributed by atoms with Gasteiger partial charge in [0, 0.05) is 0 Å². The van der Waals surface area contributed by atoms with Crippen molar-refractivity contribution in [3.05, 3.63) is 24.3 Å². The molecule has 34 heavy (non-hydrogen) atoms. The molecule has 4 rings (SSSR count). The first-order chi connectivity index (χ1) is 14.9. The van der Waals surface area contributed by atoms with Gasteiger partial charge >= 0.3 is 0 Å². The molecule has 0 aliphatic heterocycles. The van der Waals surface area contributed by atoms with Crippen LogP contribution in [0.5, 0.6) is 0 Å². The summed E-state index contributed by atoms with van der Waals surface area (Å²) in [7, 11) is 0. The Hall–Kier alpha value is -1.84. The van der Waals surface area contributed by atoms with E-state index in [4.69, 9.17) is 0 Å². The van der Waals surface area contributed by atoms with Gasteiger partial charge in [0.25, 0.3) is 0 Å². The Balaban J connectivity index is 2.37. The summed E-state index contributed by atoms with van der Waals surface area (Å²) in [4.78, 5) is 57.8. The second-order valence-electron chi connectivity index (χ2n) is 15.2. The van der Waals surface area contributed by atoms with E-state index >= 15 is 0 Å². The zero-order chi connectivity index (χ0) is 26.7. The molecule has 0 spiro atoms. The minimum absolute atomic E-state index is 0.158. The van der Waals surface area contributed by atoms with Crippen LogP contribution in [0.3, 0.4) is 0 Å². The molecule has 4 aliphatic rings. The normalized spacial score (nSPS) is 31.7. The third-order valence-electron chi connectivity index (χ3n) is 9.22. The van der Waals surface area contributed by atoms with Gasteiger partial charge in [0.15, 0.2) is 23.1 Å². The first-order valence-corrected chi connectivity index (χ1v) is 12.5. The first-order valence-electron chi connectivity index (χ1n) is 12.5. The van der Waals surface area contributed by atoms with Gasteiger partial charge in [-0.3, -0.25) is 19.2 Å². The molecule has 188 valence electrons. The summed E-state index contributed by atoms with van der Waals surface area (Å²) in [5.41, 5.74) is -7.72. The molecule has 0 saturated heterocycles. The van der Waals surface area contributed by atoms with Crippen molar-refractivity contribution < 1.29 is 19.2 Å². The van der Waals surface area contributed by atoms with E-state index in [1.54, 1.807) is 24.3 Å². The van der Waals surface area contributed by atoms with Crippen molar-refractivity contribution in [3.63, 3.8) is 0 Å². The summed E-state index contributed by atoms with van der Waals surface area (Å²) in [6.45, 7) is 25.0. The lowest BCUT2D eigenvalue weighted by atomic mass is 9.36. The molecule has 4 heteroatoms. The van der Waals surface area contributed by atoms with Gasteiger partial charge in [-0.2, -0.15) is 0 Å². The molecule has 0 unspecified atom stereocenters. The average Bonchev–Trinajstić information content (AvgIpc) is 2.70. The summed E-state index contributed by atoms with van der Waals surface area (Å²) in [6.07, 6.45) is 6.95. The van der Waals surface area contributed by atoms with Crippen LogP contribution in [-0.4, -0.2) is 23.1 Å². The molecular formula is C30H44O4. The van der Waals surface area contributed by atoms with E-state index in [9.17, 15) is 19.2 Å². The lowest BCUT2D eigenvalue weighted by Crippen LogP contribution is -2.75. The molecule has 0 radical (unpaired) electrons. The maximum Gasteiger partial charge on any atom is 0.162 e. The van der Waals surface area contributed by atoms with Crippen molar-refractivity contribution in [2.24, 2.45) is 49.2 Å². The summed E-state index contributed by atoms with van der Waals surface area (Å²) >= 11 is 0. The molecular weight excluding hydrogens is 424 g/mol. The van der Waals surface area contributed by atoms with E-state index in [1.807, 2.05) is 90.0 Å². The number of carbonyl (C=O) groups excluding carboxylic acids is 4. The third-order valence-corrected chi connectivity index (χ3v) is 9.22. The monoisotopic (exact) mass is 468 g/mol. The van der Waals surface area contributed by atoms with Crippen molar-refractivity contribution in [2.75, 3.05) is 0 Å². The van der Waals surface area contributed by atoms with Gasteiger partial charge in [-0.1, -0.05) is 107 Å². The molecule has 4 nitrogen and oxygen atoms in total. The predicted octanol–water partition coefficient (Wildman–Crippen LogP) is 6.18. The van der Waals surface area contributed by atoms with E-state index in [-0.39, 0.29) is 23.1 Å².